The molecule has 88 valence electrons. The lowest BCUT2D eigenvalue weighted by Crippen LogP contribution is -2.11. The molecular weight excluding hydrogens is 202 g/mol. The summed E-state index contributed by atoms with van der Waals surface area (Å²) in [4.78, 5) is 0. The Morgan fingerprint density at radius 2 is 2.31 bits per heavy atom. The van der Waals surface area contributed by atoms with Crippen LogP contribution in [-0.2, 0) is 12.8 Å². The van der Waals surface area contributed by atoms with Crippen LogP contribution in [0.5, 0.6) is 11.5 Å². The Morgan fingerprint density at radius 3 is 3.00 bits per heavy atom. The Hall–Kier alpha value is -1.22. The van der Waals surface area contributed by atoms with E-state index in [2.05, 4.69) is 24.4 Å². The predicted molar refractivity (Wildman–Crippen MR) is 64.4 cm³/mol. The maximum atomic E-state index is 5.75. The first-order valence-electron chi connectivity index (χ1n) is 5.75. The Morgan fingerprint density at radius 1 is 1.50 bits per heavy atom. The van der Waals surface area contributed by atoms with Crippen molar-refractivity contribution in [1.82, 2.24) is 5.32 Å². The van der Waals surface area contributed by atoms with E-state index in [4.69, 9.17) is 9.47 Å². The van der Waals surface area contributed by atoms with E-state index >= 15 is 0 Å². The number of nitrogens with one attached hydrogen (secondary N) is 1. The fraction of sp³-hybridized carbons (Fsp3) is 0.538. The third-order valence-electron chi connectivity index (χ3n) is 2.94. The second-order valence-electron chi connectivity index (χ2n) is 4.26. The van der Waals surface area contributed by atoms with E-state index in [1.807, 2.05) is 7.05 Å². The zero-order chi connectivity index (χ0) is 11.5. The molecule has 2 rings (SSSR count). The van der Waals surface area contributed by atoms with E-state index in [1.54, 1.807) is 7.11 Å². The molecule has 0 saturated heterocycles. The van der Waals surface area contributed by atoms with Gasteiger partial charge < -0.3 is 14.8 Å². The van der Waals surface area contributed by atoms with Crippen LogP contribution in [0, 0.1) is 0 Å². The number of methoxy groups -OCH3 is 1. The standard InChI is InChI=1S/C13H19NO2/c1-9-6-11-8-12(15-3)10(4-5-14-2)7-13(11)16-9/h7-9,14H,4-6H2,1-3H3. The van der Waals surface area contributed by atoms with Gasteiger partial charge in [-0.05, 0) is 44.6 Å². The zero-order valence-corrected chi connectivity index (χ0v) is 10.2. The molecule has 0 radical (unpaired) electrons. The van der Waals surface area contributed by atoms with Crippen molar-refractivity contribution in [2.45, 2.75) is 25.9 Å². The maximum absolute atomic E-state index is 5.75. The molecule has 0 bridgehead atoms. The van der Waals surface area contributed by atoms with Gasteiger partial charge in [-0.3, -0.25) is 0 Å². The number of hydrogen-bond donors (Lipinski definition) is 1. The van der Waals surface area contributed by atoms with Crippen molar-refractivity contribution in [1.29, 1.82) is 0 Å². The Bertz CT molecular complexity index is 376. The highest BCUT2D eigenvalue weighted by molar-refractivity contribution is 5.48. The average molecular weight is 221 g/mol. The molecule has 0 spiro atoms. The summed E-state index contributed by atoms with van der Waals surface area (Å²) in [6, 6.07) is 4.23. The van der Waals surface area contributed by atoms with Crippen LogP contribution in [0.1, 0.15) is 18.1 Å². The molecule has 0 saturated carbocycles. The topological polar surface area (TPSA) is 30.5 Å². The molecule has 1 aliphatic heterocycles. The van der Waals surface area contributed by atoms with Crippen molar-refractivity contribution in [3.63, 3.8) is 0 Å². The number of likely N-dealkylation sites (N-methyl/N-ethyl adjacent to an activating group) is 1. The van der Waals surface area contributed by atoms with Crippen molar-refractivity contribution < 1.29 is 9.47 Å². The number of fused-ring (bicyclic) bond motifs is 1. The van der Waals surface area contributed by atoms with Gasteiger partial charge in [-0.15, -0.1) is 0 Å². The first-order chi connectivity index (χ1) is 7.74. The summed E-state index contributed by atoms with van der Waals surface area (Å²) in [7, 11) is 3.68. The summed E-state index contributed by atoms with van der Waals surface area (Å²) in [6.07, 6.45) is 2.24. The highest BCUT2D eigenvalue weighted by Crippen LogP contribution is 2.34. The first kappa shape index (κ1) is 11.3. The average Bonchev–Trinajstić information content (AvgIpc) is 2.63. The van der Waals surface area contributed by atoms with Crippen LogP contribution in [0.15, 0.2) is 12.1 Å². The lowest BCUT2D eigenvalue weighted by Gasteiger charge is -2.10. The molecule has 1 atom stereocenters. The summed E-state index contributed by atoms with van der Waals surface area (Å²) in [6.45, 7) is 3.05. The zero-order valence-electron chi connectivity index (χ0n) is 10.2. The Kier molecular flexibility index (Phi) is 3.34. The van der Waals surface area contributed by atoms with Crippen molar-refractivity contribution in [3.05, 3.63) is 23.3 Å². The summed E-state index contributed by atoms with van der Waals surface area (Å²) in [5.74, 6) is 2.01. The van der Waals surface area contributed by atoms with Gasteiger partial charge in [-0.1, -0.05) is 0 Å². The van der Waals surface area contributed by atoms with Gasteiger partial charge in [0, 0.05) is 12.0 Å². The molecule has 3 heteroatoms. The van der Waals surface area contributed by atoms with Gasteiger partial charge in [-0.25, -0.2) is 0 Å². The fourth-order valence-electron chi connectivity index (χ4n) is 2.13. The summed E-state index contributed by atoms with van der Waals surface area (Å²) in [5.41, 5.74) is 2.47. The van der Waals surface area contributed by atoms with Gasteiger partial charge in [0.05, 0.1) is 7.11 Å². The van der Waals surface area contributed by atoms with Gasteiger partial charge in [0.25, 0.3) is 0 Å². The Labute approximate surface area is 96.8 Å². The minimum absolute atomic E-state index is 0.291. The third-order valence-corrected chi connectivity index (χ3v) is 2.94. The number of hydrogen-bond acceptors (Lipinski definition) is 3. The molecule has 16 heavy (non-hydrogen) atoms. The monoisotopic (exact) mass is 221 g/mol. The summed E-state index contributed by atoms with van der Waals surface area (Å²) in [5, 5.41) is 3.15. The van der Waals surface area contributed by atoms with Crippen LogP contribution < -0.4 is 14.8 Å². The van der Waals surface area contributed by atoms with Crippen LogP contribution in [0.2, 0.25) is 0 Å². The van der Waals surface area contributed by atoms with Gasteiger partial charge >= 0.3 is 0 Å². The molecule has 1 aromatic rings. The van der Waals surface area contributed by atoms with E-state index in [0.717, 1.165) is 30.9 Å². The van der Waals surface area contributed by atoms with Crippen molar-refractivity contribution in [2.24, 2.45) is 0 Å². The van der Waals surface area contributed by atoms with Crippen LogP contribution in [0.25, 0.3) is 0 Å². The Balaban J connectivity index is 2.27. The highest BCUT2D eigenvalue weighted by atomic mass is 16.5. The second kappa shape index (κ2) is 4.74. The molecule has 0 aliphatic carbocycles. The maximum Gasteiger partial charge on any atom is 0.123 e. The van der Waals surface area contributed by atoms with Gasteiger partial charge in [0.1, 0.15) is 17.6 Å². The SMILES string of the molecule is CNCCc1cc2c(cc1OC)CC(C)O2. The predicted octanol–water partition coefficient (Wildman–Crippen LogP) is 1.78. The molecule has 0 amide bonds. The van der Waals surface area contributed by atoms with Crippen LogP contribution in [0.3, 0.4) is 0 Å². The lowest BCUT2D eigenvalue weighted by atomic mass is 10.0. The van der Waals surface area contributed by atoms with Crippen molar-refractivity contribution in [3.8, 4) is 11.5 Å². The van der Waals surface area contributed by atoms with Crippen LogP contribution >= 0.6 is 0 Å². The minimum Gasteiger partial charge on any atom is -0.496 e. The van der Waals surface area contributed by atoms with Crippen LogP contribution in [-0.4, -0.2) is 26.8 Å². The molecule has 1 aliphatic rings. The molecule has 1 heterocycles. The molecule has 0 fully saturated rings. The largest absolute Gasteiger partial charge is 0.496 e. The van der Waals surface area contributed by atoms with E-state index in [0.29, 0.717) is 6.10 Å². The van der Waals surface area contributed by atoms with E-state index in [9.17, 15) is 0 Å². The fourth-order valence-corrected chi connectivity index (χ4v) is 2.13. The van der Waals surface area contributed by atoms with Gasteiger partial charge in [0.15, 0.2) is 0 Å². The van der Waals surface area contributed by atoms with Crippen molar-refractivity contribution in [2.75, 3.05) is 20.7 Å². The van der Waals surface area contributed by atoms with Gasteiger partial charge in [-0.2, -0.15) is 0 Å². The normalized spacial score (nSPS) is 18.1. The van der Waals surface area contributed by atoms with Gasteiger partial charge in [0.2, 0.25) is 0 Å². The number of ether oxygens (including phenoxy) is 2. The number of benzene rings is 1. The van der Waals surface area contributed by atoms with Crippen LogP contribution in [0.4, 0.5) is 0 Å². The number of rotatable bonds is 4. The summed E-state index contributed by atoms with van der Waals surface area (Å²) >= 11 is 0. The summed E-state index contributed by atoms with van der Waals surface area (Å²) < 4.78 is 11.2. The van der Waals surface area contributed by atoms with E-state index < -0.39 is 0 Å². The molecule has 1 unspecified atom stereocenters. The molecule has 0 aromatic heterocycles. The lowest BCUT2D eigenvalue weighted by molar-refractivity contribution is 0.254. The quantitative estimate of drug-likeness (QED) is 0.840. The minimum atomic E-state index is 0.291. The first-order valence-corrected chi connectivity index (χ1v) is 5.75. The molecular formula is C13H19NO2. The molecule has 1 N–H and O–H groups in total. The molecule has 3 nitrogen and oxygen atoms in total. The van der Waals surface area contributed by atoms with E-state index in [1.165, 1.54) is 11.1 Å². The second-order valence-corrected chi connectivity index (χ2v) is 4.26. The molecule has 1 aromatic carbocycles. The highest BCUT2D eigenvalue weighted by Gasteiger charge is 2.21. The smallest absolute Gasteiger partial charge is 0.123 e. The third kappa shape index (κ3) is 2.14. The van der Waals surface area contributed by atoms with E-state index in [-0.39, 0.29) is 0 Å². The van der Waals surface area contributed by atoms with Crippen molar-refractivity contribution >= 4 is 0 Å².